The Labute approximate surface area is 233 Å². The van der Waals surface area contributed by atoms with Gasteiger partial charge in [-0.3, -0.25) is 0 Å². The molecule has 0 unspecified atom stereocenters. The second-order valence-corrected chi connectivity index (χ2v) is 9.98. The van der Waals surface area contributed by atoms with Gasteiger partial charge in [-0.1, -0.05) is 109 Å². The normalized spacial score (nSPS) is 21.4. The van der Waals surface area contributed by atoms with Crippen molar-refractivity contribution in [2.45, 2.75) is 5.92 Å². The zero-order valence-electron chi connectivity index (χ0n) is 21.8. The Morgan fingerprint density at radius 1 is 0.575 bits per heavy atom. The van der Waals surface area contributed by atoms with Crippen LogP contribution in [0.4, 0.5) is 0 Å². The van der Waals surface area contributed by atoms with Crippen LogP contribution < -0.4 is 0 Å². The Kier molecular flexibility index (Phi) is 7.23. The Hall–Kier alpha value is -4.96. The van der Waals surface area contributed by atoms with Crippen LogP contribution in [0.25, 0.3) is 6.08 Å². The van der Waals surface area contributed by atoms with Gasteiger partial charge in [-0.05, 0) is 47.5 Å². The first kappa shape index (κ1) is 25.3. The van der Waals surface area contributed by atoms with E-state index in [-0.39, 0.29) is 23.7 Å². The molecule has 40 heavy (non-hydrogen) atoms. The highest BCUT2D eigenvalue weighted by Crippen LogP contribution is 2.54. The lowest BCUT2D eigenvalue weighted by atomic mass is 9.71. The standard InChI is InChI=1S/C36H28O4/c37-35(27-17-9-3-10-18-27)39-32-24-31-33(40-36(38)28-19-11-4-12-20-28)23-30(34(31)26-15-7-2-8-16-26)29(32)22-21-25-13-5-1-6-14-25/h1-24,29-31,34H/b22-21+/t29-,30+,31+,34+/m0/s1. The SMILES string of the molecule is O=C(OC1=C[C@H]2[C@@H](c3ccccc3)[C@@H]1C=C(OC(=O)c1ccccc1)[C@H]2/C=C/c1ccccc1)c1ccccc1. The molecule has 0 saturated carbocycles. The summed E-state index contributed by atoms with van der Waals surface area (Å²) in [6, 6.07) is 38.2. The molecular formula is C36H28O4. The molecule has 2 aliphatic rings. The van der Waals surface area contributed by atoms with Crippen LogP contribution in [-0.2, 0) is 9.47 Å². The number of esters is 2. The molecule has 0 aromatic heterocycles. The lowest BCUT2D eigenvalue weighted by molar-refractivity contribution is 0.0547. The van der Waals surface area contributed by atoms with Crippen LogP contribution in [0.1, 0.15) is 37.8 Å². The summed E-state index contributed by atoms with van der Waals surface area (Å²) in [6.45, 7) is 0. The maximum Gasteiger partial charge on any atom is 0.343 e. The van der Waals surface area contributed by atoms with Crippen LogP contribution in [0.5, 0.6) is 0 Å². The van der Waals surface area contributed by atoms with Crippen molar-refractivity contribution in [3.05, 3.63) is 173 Å². The lowest BCUT2D eigenvalue weighted by Crippen LogP contribution is -2.29. The largest absolute Gasteiger partial charge is 0.427 e. The third kappa shape index (κ3) is 5.29. The van der Waals surface area contributed by atoms with Gasteiger partial charge in [0.1, 0.15) is 11.5 Å². The van der Waals surface area contributed by atoms with Crippen molar-refractivity contribution in [1.29, 1.82) is 0 Å². The third-order valence-electron chi connectivity index (χ3n) is 7.49. The van der Waals surface area contributed by atoms with Crippen molar-refractivity contribution >= 4 is 18.0 Å². The number of carbonyl (C=O) groups excluding carboxylic acids is 2. The molecule has 0 saturated heterocycles. The lowest BCUT2D eigenvalue weighted by Gasteiger charge is -2.35. The zero-order valence-corrected chi connectivity index (χ0v) is 21.8. The predicted octanol–water partition coefficient (Wildman–Crippen LogP) is 7.84. The second-order valence-electron chi connectivity index (χ2n) is 9.98. The zero-order chi connectivity index (χ0) is 27.3. The van der Waals surface area contributed by atoms with Crippen molar-refractivity contribution in [2.24, 2.45) is 17.8 Å². The van der Waals surface area contributed by atoms with Crippen LogP contribution >= 0.6 is 0 Å². The van der Waals surface area contributed by atoms with Gasteiger partial charge in [0.2, 0.25) is 0 Å². The number of hydrogen-bond acceptors (Lipinski definition) is 4. The highest BCUT2D eigenvalue weighted by Gasteiger charge is 2.48. The quantitative estimate of drug-likeness (QED) is 0.231. The number of rotatable bonds is 7. The molecule has 0 radical (unpaired) electrons. The molecule has 4 heteroatoms. The maximum atomic E-state index is 13.2. The highest BCUT2D eigenvalue weighted by molar-refractivity contribution is 5.91. The molecule has 6 rings (SSSR count). The van der Waals surface area contributed by atoms with Crippen molar-refractivity contribution in [2.75, 3.05) is 0 Å². The van der Waals surface area contributed by atoms with E-state index in [2.05, 4.69) is 24.3 Å². The maximum absolute atomic E-state index is 13.2. The Morgan fingerprint density at radius 2 is 1.07 bits per heavy atom. The molecule has 196 valence electrons. The van der Waals surface area contributed by atoms with E-state index in [9.17, 15) is 9.59 Å². The highest BCUT2D eigenvalue weighted by atomic mass is 16.5. The molecule has 0 aliphatic heterocycles. The van der Waals surface area contributed by atoms with Gasteiger partial charge in [-0.2, -0.15) is 0 Å². The van der Waals surface area contributed by atoms with E-state index in [1.807, 2.05) is 97.1 Å². The Morgan fingerprint density at radius 3 is 1.65 bits per heavy atom. The van der Waals surface area contributed by atoms with Gasteiger partial charge in [0.15, 0.2) is 0 Å². The average Bonchev–Trinajstić information content (AvgIpc) is 3.28. The molecule has 0 amide bonds. The van der Waals surface area contributed by atoms with E-state index in [4.69, 9.17) is 9.47 Å². The minimum atomic E-state index is -0.412. The number of benzene rings is 4. The molecule has 0 N–H and O–H groups in total. The van der Waals surface area contributed by atoms with Crippen LogP contribution in [0.15, 0.2) is 151 Å². The summed E-state index contributed by atoms with van der Waals surface area (Å²) in [7, 11) is 0. The first-order valence-electron chi connectivity index (χ1n) is 13.4. The number of carbonyl (C=O) groups is 2. The first-order chi connectivity index (χ1) is 19.7. The second kappa shape index (κ2) is 11.4. The van der Waals surface area contributed by atoms with E-state index in [1.54, 1.807) is 24.3 Å². The van der Waals surface area contributed by atoms with Gasteiger partial charge in [0.25, 0.3) is 0 Å². The summed E-state index contributed by atoms with van der Waals surface area (Å²) in [5, 5.41) is 0. The topological polar surface area (TPSA) is 52.6 Å². The van der Waals surface area contributed by atoms with Crippen molar-refractivity contribution in [3.63, 3.8) is 0 Å². The molecular weight excluding hydrogens is 496 g/mol. The monoisotopic (exact) mass is 524 g/mol. The van der Waals surface area contributed by atoms with E-state index in [1.165, 1.54) is 0 Å². The summed E-state index contributed by atoms with van der Waals surface area (Å²) in [5.74, 6) is -0.257. The minimum absolute atomic E-state index is 0.0179. The summed E-state index contributed by atoms with van der Waals surface area (Å²) >= 11 is 0. The fourth-order valence-electron chi connectivity index (χ4n) is 5.60. The van der Waals surface area contributed by atoms with Gasteiger partial charge in [-0.25, -0.2) is 9.59 Å². The number of fused-ring (bicyclic) bond motifs is 2. The summed E-state index contributed by atoms with van der Waals surface area (Å²) in [6.07, 6.45) is 8.16. The van der Waals surface area contributed by atoms with Crippen molar-refractivity contribution in [3.8, 4) is 0 Å². The smallest absolute Gasteiger partial charge is 0.343 e. The van der Waals surface area contributed by atoms with Gasteiger partial charge in [0.05, 0.1) is 11.1 Å². The van der Waals surface area contributed by atoms with Crippen LogP contribution in [0.3, 0.4) is 0 Å². The first-order valence-corrected chi connectivity index (χ1v) is 13.4. The van der Waals surface area contributed by atoms with Crippen LogP contribution in [-0.4, -0.2) is 11.9 Å². The van der Waals surface area contributed by atoms with Gasteiger partial charge < -0.3 is 9.47 Å². The minimum Gasteiger partial charge on any atom is -0.427 e. The number of hydrogen-bond donors (Lipinski definition) is 0. The van der Waals surface area contributed by atoms with Crippen molar-refractivity contribution < 1.29 is 19.1 Å². The molecule has 4 atom stereocenters. The molecule has 4 aromatic carbocycles. The van der Waals surface area contributed by atoms with Gasteiger partial charge >= 0.3 is 11.9 Å². The average molecular weight is 525 g/mol. The Balaban J connectivity index is 1.40. The molecule has 2 bridgehead atoms. The number of allylic oxidation sites excluding steroid dienone is 3. The van der Waals surface area contributed by atoms with Crippen LogP contribution in [0.2, 0.25) is 0 Å². The molecule has 0 spiro atoms. The molecule has 0 fully saturated rings. The fraction of sp³-hybridized carbons (Fsp3) is 0.111. The number of ether oxygens (including phenoxy) is 2. The van der Waals surface area contributed by atoms with E-state index in [0.29, 0.717) is 22.6 Å². The Bertz CT molecular complexity index is 1570. The van der Waals surface area contributed by atoms with Crippen molar-refractivity contribution in [1.82, 2.24) is 0 Å². The van der Waals surface area contributed by atoms with Crippen LogP contribution in [0, 0.1) is 17.8 Å². The van der Waals surface area contributed by atoms with E-state index < -0.39 is 11.9 Å². The molecule has 4 nitrogen and oxygen atoms in total. The molecule has 0 heterocycles. The third-order valence-corrected chi connectivity index (χ3v) is 7.49. The van der Waals surface area contributed by atoms with Gasteiger partial charge in [0, 0.05) is 23.7 Å². The molecule has 4 aromatic rings. The fourth-order valence-corrected chi connectivity index (χ4v) is 5.60. The van der Waals surface area contributed by atoms with E-state index in [0.717, 1.165) is 11.1 Å². The van der Waals surface area contributed by atoms with Gasteiger partial charge in [-0.15, -0.1) is 0 Å². The summed E-state index contributed by atoms with van der Waals surface area (Å²) in [5.41, 5.74) is 3.16. The predicted molar refractivity (Wildman–Crippen MR) is 155 cm³/mol. The van der Waals surface area contributed by atoms with E-state index >= 15 is 0 Å². The summed E-state index contributed by atoms with van der Waals surface area (Å²) < 4.78 is 12.1. The summed E-state index contributed by atoms with van der Waals surface area (Å²) in [4.78, 5) is 26.3. The molecule has 2 aliphatic carbocycles.